The van der Waals surface area contributed by atoms with Crippen LogP contribution in [0.4, 0.5) is 5.69 Å². The Labute approximate surface area is 167 Å². The summed E-state index contributed by atoms with van der Waals surface area (Å²) in [6, 6.07) is 7.74. The summed E-state index contributed by atoms with van der Waals surface area (Å²) in [5.41, 5.74) is 1.81. The summed E-state index contributed by atoms with van der Waals surface area (Å²) in [4.78, 5) is 28.2. The molecule has 1 fully saturated rings. The zero-order chi connectivity index (χ0) is 20.4. The largest absolute Gasteiger partial charge is 0.357 e. The number of carbonyl (C=O) groups excluding carboxylic acids is 2. The third-order valence-electron chi connectivity index (χ3n) is 4.23. The Morgan fingerprint density at radius 3 is 2.57 bits per heavy atom. The molecule has 0 aromatic heterocycles. The van der Waals surface area contributed by atoms with E-state index in [0.29, 0.717) is 37.9 Å². The van der Waals surface area contributed by atoms with E-state index in [2.05, 4.69) is 26.3 Å². The number of hydrogen-bond donors (Lipinski definition) is 4. The Kier molecular flexibility index (Phi) is 8.78. The SMILES string of the molecule is CCNC(=NCc1cccc(NC(=O)CC(C)C)c1)NCCNC(=O)C1CC1. The van der Waals surface area contributed by atoms with Gasteiger partial charge in [0.1, 0.15) is 0 Å². The van der Waals surface area contributed by atoms with Crippen molar-refractivity contribution in [2.45, 2.75) is 46.6 Å². The summed E-state index contributed by atoms with van der Waals surface area (Å²) in [5.74, 6) is 1.45. The third-order valence-corrected chi connectivity index (χ3v) is 4.23. The lowest BCUT2D eigenvalue weighted by Crippen LogP contribution is -2.41. The fourth-order valence-electron chi connectivity index (χ4n) is 2.70. The van der Waals surface area contributed by atoms with Gasteiger partial charge >= 0.3 is 0 Å². The molecule has 2 rings (SSSR count). The number of carbonyl (C=O) groups is 2. The first kappa shape index (κ1) is 21.7. The lowest BCUT2D eigenvalue weighted by atomic mass is 10.1. The lowest BCUT2D eigenvalue weighted by molar-refractivity contribution is -0.122. The molecule has 7 nitrogen and oxygen atoms in total. The Morgan fingerprint density at radius 1 is 1.14 bits per heavy atom. The van der Waals surface area contributed by atoms with Gasteiger partial charge in [-0.05, 0) is 43.4 Å². The highest BCUT2D eigenvalue weighted by molar-refractivity contribution is 5.90. The highest BCUT2D eigenvalue weighted by Crippen LogP contribution is 2.28. The second-order valence-electron chi connectivity index (χ2n) is 7.53. The Morgan fingerprint density at radius 2 is 1.89 bits per heavy atom. The molecule has 0 saturated heterocycles. The molecule has 154 valence electrons. The van der Waals surface area contributed by atoms with E-state index in [9.17, 15) is 9.59 Å². The number of nitrogens with one attached hydrogen (secondary N) is 4. The molecule has 1 saturated carbocycles. The van der Waals surface area contributed by atoms with Gasteiger partial charge in [0.15, 0.2) is 5.96 Å². The predicted octanol–water partition coefficient (Wildman–Crippen LogP) is 2.25. The maximum atomic E-state index is 11.9. The summed E-state index contributed by atoms with van der Waals surface area (Å²) in [6.07, 6.45) is 2.54. The van der Waals surface area contributed by atoms with Crippen LogP contribution in [0.2, 0.25) is 0 Å². The van der Waals surface area contributed by atoms with Gasteiger partial charge in [-0.3, -0.25) is 9.59 Å². The monoisotopic (exact) mass is 387 g/mol. The summed E-state index contributed by atoms with van der Waals surface area (Å²) in [5, 5.41) is 12.3. The number of benzene rings is 1. The molecule has 0 atom stereocenters. The van der Waals surface area contributed by atoms with Crippen LogP contribution in [-0.2, 0) is 16.1 Å². The number of amides is 2. The van der Waals surface area contributed by atoms with Crippen molar-refractivity contribution in [2.24, 2.45) is 16.8 Å². The van der Waals surface area contributed by atoms with E-state index in [1.807, 2.05) is 45.0 Å². The van der Waals surface area contributed by atoms with E-state index >= 15 is 0 Å². The maximum absolute atomic E-state index is 11.9. The van der Waals surface area contributed by atoms with E-state index < -0.39 is 0 Å². The predicted molar refractivity (Wildman–Crippen MR) is 113 cm³/mol. The molecule has 1 aliphatic rings. The number of rotatable bonds is 10. The number of nitrogens with zero attached hydrogens (tertiary/aromatic N) is 1. The third kappa shape index (κ3) is 8.41. The molecule has 0 unspecified atom stereocenters. The normalized spacial score (nSPS) is 13.9. The summed E-state index contributed by atoms with van der Waals surface area (Å²) in [7, 11) is 0. The minimum absolute atomic E-state index is 0.0268. The molecule has 0 heterocycles. The standard InChI is InChI=1S/C21H33N5O2/c1-4-22-21(24-11-10-23-20(28)17-8-9-17)25-14-16-6-5-7-18(13-16)26-19(27)12-15(2)3/h5-7,13,15,17H,4,8-12,14H2,1-3H3,(H,23,28)(H,26,27)(H2,22,24,25). The molecule has 1 aromatic carbocycles. The van der Waals surface area contributed by atoms with Gasteiger partial charge in [0, 0.05) is 37.7 Å². The number of anilines is 1. The van der Waals surface area contributed by atoms with E-state index in [0.717, 1.165) is 30.6 Å². The van der Waals surface area contributed by atoms with Crippen LogP contribution < -0.4 is 21.3 Å². The molecule has 2 amide bonds. The van der Waals surface area contributed by atoms with E-state index in [4.69, 9.17) is 0 Å². The van der Waals surface area contributed by atoms with Gasteiger partial charge in [0.2, 0.25) is 11.8 Å². The van der Waals surface area contributed by atoms with Crippen LogP contribution in [0.5, 0.6) is 0 Å². The van der Waals surface area contributed by atoms with Crippen molar-refractivity contribution in [3.05, 3.63) is 29.8 Å². The van der Waals surface area contributed by atoms with Crippen molar-refractivity contribution in [1.29, 1.82) is 0 Å². The van der Waals surface area contributed by atoms with Crippen molar-refractivity contribution in [3.63, 3.8) is 0 Å². The molecule has 0 radical (unpaired) electrons. The highest BCUT2D eigenvalue weighted by atomic mass is 16.2. The first-order valence-electron chi connectivity index (χ1n) is 10.2. The van der Waals surface area contributed by atoms with E-state index in [-0.39, 0.29) is 17.7 Å². The van der Waals surface area contributed by atoms with Crippen LogP contribution in [0.3, 0.4) is 0 Å². The minimum atomic E-state index is 0.0268. The van der Waals surface area contributed by atoms with E-state index in [1.165, 1.54) is 0 Å². The van der Waals surface area contributed by atoms with Crippen LogP contribution in [0.15, 0.2) is 29.3 Å². The minimum Gasteiger partial charge on any atom is -0.357 e. The van der Waals surface area contributed by atoms with Crippen LogP contribution in [0.25, 0.3) is 0 Å². The number of aliphatic imine (C=N–C) groups is 1. The number of hydrogen-bond acceptors (Lipinski definition) is 3. The average Bonchev–Trinajstić information content (AvgIpc) is 3.47. The second kappa shape index (κ2) is 11.3. The van der Waals surface area contributed by atoms with Gasteiger partial charge in [-0.2, -0.15) is 0 Å². The fraction of sp³-hybridized carbons (Fsp3) is 0.571. The number of guanidine groups is 1. The molecular weight excluding hydrogens is 354 g/mol. The van der Waals surface area contributed by atoms with Gasteiger partial charge in [-0.1, -0.05) is 26.0 Å². The molecular formula is C21H33N5O2. The Bertz CT molecular complexity index is 683. The highest BCUT2D eigenvalue weighted by Gasteiger charge is 2.28. The smallest absolute Gasteiger partial charge is 0.224 e. The molecule has 0 bridgehead atoms. The molecule has 1 aliphatic carbocycles. The maximum Gasteiger partial charge on any atom is 0.224 e. The zero-order valence-electron chi connectivity index (χ0n) is 17.2. The first-order valence-corrected chi connectivity index (χ1v) is 10.2. The molecule has 1 aromatic rings. The van der Waals surface area contributed by atoms with Crippen molar-refractivity contribution >= 4 is 23.5 Å². The topological polar surface area (TPSA) is 94.6 Å². The fourth-order valence-corrected chi connectivity index (χ4v) is 2.70. The van der Waals surface area contributed by atoms with Gasteiger partial charge in [0.05, 0.1) is 6.54 Å². The Hall–Kier alpha value is -2.57. The zero-order valence-corrected chi connectivity index (χ0v) is 17.2. The molecule has 0 aliphatic heterocycles. The van der Waals surface area contributed by atoms with Crippen molar-refractivity contribution in [2.75, 3.05) is 25.0 Å². The first-order chi connectivity index (χ1) is 13.5. The Balaban J connectivity index is 1.82. The van der Waals surface area contributed by atoms with Gasteiger partial charge in [-0.25, -0.2) is 4.99 Å². The second-order valence-corrected chi connectivity index (χ2v) is 7.53. The molecule has 28 heavy (non-hydrogen) atoms. The molecule has 7 heteroatoms. The van der Waals surface area contributed by atoms with Crippen molar-refractivity contribution < 1.29 is 9.59 Å². The summed E-state index contributed by atoms with van der Waals surface area (Å²) >= 11 is 0. The summed E-state index contributed by atoms with van der Waals surface area (Å²) < 4.78 is 0. The molecule has 4 N–H and O–H groups in total. The van der Waals surface area contributed by atoms with Crippen molar-refractivity contribution in [3.8, 4) is 0 Å². The van der Waals surface area contributed by atoms with Crippen molar-refractivity contribution in [1.82, 2.24) is 16.0 Å². The molecule has 0 spiro atoms. The quantitative estimate of drug-likeness (QED) is 0.281. The van der Waals surface area contributed by atoms with Crippen LogP contribution in [0, 0.1) is 11.8 Å². The van der Waals surface area contributed by atoms with Gasteiger partial charge < -0.3 is 21.3 Å². The van der Waals surface area contributed by atoms with E-state index in [1.54, 1.807) is 0 Å². The average molecular weight is 388 g/mol. The van der Waals surface area contributed by atoms with Gasteiger partial charge in [0.25, 0.3) is 0 Å². The van der Waals surface area contributed by atoms with Crippen LogP contribution >= 0.6 is 0 Å². The summed E-state index contributed by atoms with van der Waals surface area (Å²) in [6.45, 7) is 8.52. The van der Waals surface area contributed by atoms with Gasteiger partial charge in [-0.15, -0.1) is 0 Å². The van der Waals surface area contributed by atoms with Crippen LogP contribution in [-0.4, -0.2) is 37.4 Å². The lowest BCUT2D eigenvalue weighted by Gasteiger charge is -2.12. The van der Waals surface area contributed by atoms with Crippen LogP contribution in [0.1, 0.15) is 45.6 Å².